The van der Waals surface area contributed by atoms with E-state index in [1.54, 1.807) is 12.1 Å². The van der Waals surface area contributed by atoms with Gasteiger partial charge in [0.2, 0.25) is 0 Å². The molecule has 3 aromatic carbocycles. The van der Waals surface area contributed by atoms with Gasteiger partial charge in [0.25, 0.3) is 0 Å². The minimum absolute atomic E-state index is 0.276. The Hall–Kier alpha value is -2.07. The summed E-state index contributed by atoms with van der Waals surface area (Å²) in [5.41, 5.74) is 3.30. The van der Waals surface area contributed by atoms with Crippen molar-refractivity contribution in [2.45, 2.75) is 22.5 Å². The summed E-state index contributed by atoms with van der Waals surface area (Å²) in [6, 6.07) is 26.9. The minimum atomic E-state index is -3.64. The molecule has 0 radical (unpaired) electrons. The molecule has 0 atom stereocenters. The Bertz CT molecular complexity index is 940. The molecule has 5 heteroatoms. The maximum atomic E-state index is 12.8. The van der Waals surface area contributed by atoms with Gasteiger partial charge in [0.1, 0.15) is 0 Å². The third kappa shape index (κ3) is 5.21. The van der Waals surface area contributed by atoms with Crippen LogP contribution in [0.1, 0.15) is 16.7 Å². The van der Waals surface area contributed by atoms with E-state index in [9.17, 15) is 8.42 Å². The maximum absolute atomic E-state index is 12.8. The molecule has 0 fully saturated rings. The molecule has 0 aliphatic heterocycles. The van der Waals surface area contributed by atoms with Gasteiger partial charge in [-0.05, 0) is 0 Å². The van der Waals surface area contributed by atoms with Gasteiger partial charge >= 0.3 is 160 Å². The van der Waals surface area contributed by atoms with Crippen LogP contribution < -0.4 is 0 Å². The van der Waals surface area contributed by atoms with Crippen molar-refractivity contribution in [1.82, 2.24) is 0 Å². The van der Waals surface area contributed by atoms with Crippen LogP contribution >= 0.6 is 0 Å². The van der Waals surface area contributed by atoms with Crippen LogP contribution in [0.5, 0.6) is 0 Å². The predicted octanol–water partition coefficient (Wildman–Crippen LogP) is 4.51. The summed E-state index contributed by atoms with van der Waals surface area (Å²) in [5.74, 6) is 0. The molecule has 3 rings (SSSR count). The zero-order valence-electron chi connectivity index (χ0n) is 14.6. The Morgan fingerprint density at radius 1 is 0.731 bits per heavy atom. The molecule has 0 aliphatic carbocycles. The van der Waals surface area contributed by atoms with Crippen LogP contribution in [0.15, 0.2) is 93.2 Å². The van der Waals surface area contributed by atoms with Gasteiger partial charge in [-0.1, -0.05) is 0 Å². The molecule has 0 aliphatic rings. The van der Waals surface area contributed by atoms with Gasteiger partial charge in [-0.15, -0.1) is 0 Å². The predicted molar refractivity (Wildman–Crippen MR) is 107 cm³/mol. The fourth-order valence-corrected chi connectivity index (χ4v) is 9.07. The van der Waals surface area contributed by atoms with E-state index >= 15 is 0 Å². The van der Waals surface area contributed by atoms with E-state index in [0.29, 0.717) is 10.6 Å². The van der Waals surface area contributed by atoms with Gasteiger partial charge in [-0.25, -0.2) is 0 Å². The Kier molecular flexibility index (Phi) is 6.15. The third-order valence-corrected chi connectivity index (χ3v) is 10.5. The first kappa shape index (κ1) is 18.7. The van der Waals surface area contributed by atoms with Crippen LogP contribution in [-0.4, -0.2) is 22.1 Å². The molecule has 0 saturated heterocycles. The Morgan fingerprint density at radius 3 is 1.65 bits per heavy atom. The number of rotatable bonds is 6. The van der Waals surface area contributed by atoms with E-state index in [2.05, 4.69) is 3.37 Å². The molecule has 0 aromatic heterocycles. The Balaban J connectivity index is 1.95. The first-order valence-corrected chi connectivity index (χ1v) is 13.0. The molecule has 0 N–H and O–H groups in total. The number of aryl methyl sites for hydroxylation is 1. The summed E-state index contributed by atoms with van der Waals surface area (Å²) < 4.78 is 30.0. The van der Waals surface area contributed by atoms with Crippen LogP contribution in [0.4, 0.5) is 0 Å². The van der Waals surface area contributed by atoms with Crippen molar-refractivity contribution in [3.63, 3.8) is 0 Å². The molecule has 0 heterocycles. The summed E-state index contributed by atoms with van der Waals surface area (Å²) in [6.45, 7) is 1.94. The van der Waals surface area contributed by atoms with E-state index in [4.69, 9.17) is 0 Å². The van der Waals surface area contributed by atoms with E-state index in [-0.39, 0.29) is 4.90 Å². The fraction of sp³-hybridized carbons (Fsp3) is 0.143. The fourth-order valence-electron chi connectivity index (χ4n) is 2.53. The van der Waals surface area contributed by atoms with E-state index in [0.717, 1.165) is 16.7 Å². The van der Waals surface area contributed by atoms with Gasteiger partial charge in [0, 0.05) is 0 Å². The summed E-state index contributed by atoms with van der Waals surface area (Å²) in [5, 5.41) is 1.42. The van der Waals surface area contributed by atoms with Crippen molar-refractivity contribution in [2.75, 3.05) is 0 Å². The number of hydrogen-bond donors (Lipinski definition) is 0. The summed E-state index contributed by atoms with van der Waals surface area (Å²) in [4.78, 5) is 0.276. The van der Waals surface area contributed by atoms with Gasteiger partial charge in [0.15, 0.2) is 0 Å². The third-order valence-electron chi connectivity index (χ3n) is 3.87. The molecule has 26 heavy (non-hydrogen) atoms. The number of nitrogens with zero attached hydrogens (tertiary/aromatic N) is 1. The average molecular weight is 430 g/mol. The zero-order valence-corrected chi connectivity index (χ0v) is 17.1. The van der Waals surface area contributed by atoms with Gasteiger partial charge < -0.3 is 0 Å². The van der Waals surface area contributed by atoms with Crippen molar-refractivity contribution < 1.29 is 8.42 Å². The van der Waals surface area contributed by atoms with E-state index in [1.807, 2.05) is 79.7 Å². The average Bonchev–Trinajstić information content (AvgIpc) is 2.63. The van der Waals surface area contributed by atoms with Crippen LogP contribution in [-0.2, 0) is 20.7 Å². The standard InChI is InChI=1S/C21H21NO2SSe/c1-18-12-14-21(15-13-18)25(23,24)22-26(16-19-8-4-2-5-9-19)17-20-10-6-3-7-11-20/h2-15H,16-17H2,1H3. The molecule has 0 bridgehead atoms. The molecule has 3 aromatic rings. The Labute approximate surface area is 159 Å². The quantitative estimate of drug-likeness (QED) is 0.541. The second-order valence-corrected chi connectivity index (χ2v) is 11.7. The van der Waals surface area contributed by atoms with Crippen molar-refractivity contribution in [3.05, 3.63) is 102 Å². The van der Waals surface area contributed by atoms with Crippen LogP contribution in [0.25, 0.3) is 0 Å². The Morgan fingerprint density at radius 2 is 1.19 bits per heavy atom. The van der Waals surface area contributed by atoms with E-state index in [1.165, 1.54) is 0 Å². The first-order chi connectivity index (χ1) is 12.5. The van der Waals surface area contributed by atoms with Crippen LogP contribution in [0.3, 0.4) is 0 Å². The summed E-state index contributed by atoms with van der Waals surface area (Å²) in [6.07, 6.45) is 0. The van der Waals surface area contributed by atoms with Gasteiger partial charge in [0.05, 0.1) is 0 Å². The van der Waals surface area contributed by atoms with Crippen molar-refractivity contribution in [1.29, 1.82) is 0 Å². The van der Waals surface area contributed by atoms with Gasteiger partial charge in [-0.2, -0.15) is 0 Å². The molecular weight excluding hydrogens is 409 g/mol. The molecule has 3 nitrogen and oxygen atoms in total. The van der Waals surface area contributed by atoms with Crippen LogP contribution in [0.2, 0.25) is 0 Å². The molecule has 0 saturated carbocycles. The monoisotopic (exact) mass is 431 g/mol. The SMILES string of the molecule is Cc1ccc(S(=O)(=O)N=[Se](Cc2ccccc2)Cc2ccccc2)cc1. The normalized spacial score (nSPS) is 11.5. The number of sulfonamides is 1. The zero-order chi connectivity index (χ0) is 18.4. The van der Waals surface area contributed by atoms with Crippen molar-refractivity contribution >= 4 is 23.7 Å². The van der Waals surface area contributed by atoms with Gasteiger partial charge in [-0.3, -0.25) is 0 Å². The molecule has 0 amide bonds. The molecular formula is C21H21NO2SSe. The molecule has 0 spiro atoms. The number of benzene rings is 3. The topological polar surface area (TPSA) is 46.5 Å². The second kappa shape index (κ2) is 8.54. The molecule has 134 valence electrons. The second-order valence-electron chi connectivity index (χ2n) is 6.08. The van der Waals surface area contributed by atoms with E-state index < -0.39 is 23.7 Å². The van der Waals surface area contributed by atoms with Crippen molar-refractivity contribution in [3.8, 4) is 0 Å². The summed E-state index contributed by atoms with van der Waals surface area (Å²) >= 11 is -1.80. The first-order valence-electron chi connectivity index (χ1n) is 8.33. The summed E-state index contributed by atoms with van der Waals surface area (Å²) in [7, 11) is -3.64. The van der Waals surface area contributed by atoms with Crippen molar-refractivity contribution in [2.24, 2.45) is 3.37 Å². The number of hydrogen-bond acceptors (Lipinski definition) is 2. The van der Waals surface area contributed by atoms with Crippen LogP contribution in [0, 0.1) is 6.92 Å². The molecule has 0 unspecified atom stereocenters.